The molecule has 3 heterocycles. The van der Waals surface area contributed by atoms with Gasteiger partial charge in [-0.1, -0.05) is 18.2 Å². The van der Waals surface area contributed by atoms with Gasteiger partial charge in [-0.3, -0.25) is 9.98 Å². The summed E-state index contributed by atoms with van der Waals surface area (Å²) in [5.74, 6) is 1.96. The highest BCUT2D eigenvalue weighted by Crippen LogP contribution is 2.36. The molecule has 0 radical (unpaired) electrons. The lowest BCUT2D eigenvalue weighted by Gasteiger charge is -2.14. The van der Waals surface area contributed by atoms with Crippen molar-refractivity contribution in [2.24, 2.45) is 4.99 Å². The van der Waals surface area contributed by atoms with Crippen molar-refractivity contribution in [3.8, 4) is 17.1 Å². The molecule has 1 aliphatic heterocycles. The Labute approximate surface area is 197 Å². The number of alkyl halides is 3. The van der Waals surface area contributed by atoms with E-state index in [9.17, 15) is 13.2 Å². The first-order chi connectivity index (χ1) is 16.4. The first-order valence-corrected chi connectivity index (χ1v) is 11.3. The second-order valence-electron chi connectivity index (χ2n) is 7.45. The smallest absolute Gasteiger partial charge is 0.417 e. The molecular formula is C24H18F3N5OS. The van der Waals surface area contributed by atoms with Gasteiger partial charge in [-0.2, -0.15) is 13.2 Å². The zero-order valence-corrected chi connectivity index (χ0v) is 18.7. The number of nitrogens with zero attached hydrogens (tertiary/aromatic N) is 4. The summed E-state index contributed by atoms with van der Waals surface area (Å²) in [5, 5.41) is 3.99. The van der Waals surface area contributed by atoms with Crippen molar-refractivity contribution in [2.45, 2.75) is 11.7 Å². The van der Waals surface area contributed by atoms with Crippen molar-refractivity contribution < 1.29 is 17.9 Å². The second-order valence-corrected chi connectivity index (χ2v) is 8.52. The standard InChI is InChI=1S/C24H18F3N5OS/c1-33-15-8-9-19-17(11-15)22(31-21(29-19)14-5-4-10-28-12-14)32-23-30-20(13-34-23)16-6-2-3-7-18(16)24(25,26)27/h2-12,23H,13H2,1H3,(H,29,31,32). The number of hydrogen-bond acceptors (Lipinski definition) is 7. The maximum atomic E-state index is 13.5. The van der Waals surface area contributed by atoms with Crippen LogP contribution in [0.5, 0.6) is 5.75 Å². The largest absolute Gasteiger partial charge is 0.497 e. The Morgan fingerprint density at radius 1 is 1.06 bits per heavy atom. The number of benzene rings is 2. The van der Waals surface area contributed by atoms with E-state index in [0.717, 1.165) is 11.6 Å². The number of nitrogens with one attached hydrogen (secondary N) is 1. The van der Waals surface area contributed by atoms with Gasteiger partial charge in [0.25, 0.3) is 0 Å². The minimum absolute atomic E-state index is 0.0945. The highest BCUT2D eigenvalue weighted by molar-refractivity contribution is 8.01. The Morgan fingerprint density at radius 3 is 2.68 bits per heavy atom. The Kier molecular flexibility index (Phi) is 5.82. The molecule has 0 fully saturated rings. The van der Waals surface area contributed by atoms with Crippen molar-refractivity contribution in [1.82, 2.24) is 15.0 Å². The zero-order chi connectivity index (χ0) is 23.7. The highest BCUT2D eigenvalue weighted by Gasteiger charge is 2.35. The second kappa shape index (κ2) is 8.94. The van der Waals surface area contributed by atoms with Crippen molar-refractivity contribution in [3.05, 3.63) is 78.1 Å². The van der Waals surface area contributed by atoms with Crippen LogP contribution in [0, 0.1) is 0 Å². The van der Waals surface area contributed by atoms with E-state index in [4.69, 9.17) is 4.74 Å². The molecule has 10 heteroatoms. The third-order valence-electron chi connectivity index (χ3n) is 5.28. The van der Waals surface area contributed by atoms with E-state index in [0.29, 0.717) is 39.8 Å². The number of aliphatic imine (C=N–C) groups is 1. The lowest BCUT2D eigenvalue weighted by atomic mass is 10.0. The topological polar surface area (TPSA) is 72.3 Å². The van der Waals surface area contributed by atoms with Crippen molar-refractivity contribution in [1.29, 1.82) is 0 Å². The SMILES string of the molecule is COc1ccc2nc(-c3cccnc3)nc(NC3N=C(c4ccccc4C(F)(F)F)CS3)c2c1. The van der Waals surface area contributed by atoms with Crippen LogP contribution in [0.25, 0.3) is 22.3 Å². The molecule has 6 nitrogen and oxygen atoms in total. The van der Waals surface area contributed by atoms with Gasteiger partial charge in [0, 0.05) is 34.7 Å². The first-order valence-electron chi connectivity index (χ1n) is 10.3. The molecule has 2 aromatic carbocycles. The van der Waals surface area contributed by atoms with Crippen LogP contribution in [0.15, 0.2) is 72.0 Å². The number of hydrogen-bond donors (Lipinski definition) is 1. The fourth-order valence-electron chi connectivity index (χ4n) is 3.66. The molecule has 0 saturated heterocycles. The van der Waals surface area contributed by atoms with Gasteiger partial charge in [-0.25, -0.2) is 9.97 Å². The Morgan fingerprint density at radius 2 is 1.91 bits per heavy atom. The molecule has 4 aromatic rings. The van der Waals surface area contributed by atoms with Crippen LogP contribution in [0.1, 0.15) is 11.1 Å². The average Bonchev–Trinajstić information content (AvgIpc) is 3.32. The number of rotatable bonds is 5. The first kappa shape index (κ1) is 22.1. The zero-order valence-electron chi connectivity index (χ0n) is 17.9. The molecule has 0 spiro atoms. The highest BCUT2D eigenvalue weighted by atomic mass is 32.2. The van der Waals surface area contributed by atoms with E-state index in [2.05, 4.69) is 25.3 Å². The molecule has 0 amide bonds. The summed E-state index contributed by atoms with van der Waals surface area (Å²) in [5.41, 5.74) is 0.710. The Hall–Kier alpha value is -3.66. The summed E-state index contributed by atoms with van der Waals surface area (Å²) < 4.78 is 45.8. The number of fused-ring (bicyclic) bond motifs is 1. The van der Waals surface area contributed by atoms with Gasteiger partial charge < -0.3 is 10.1 Å². The number of methoxy groups -OCH3 is 1. The van der Waals surface area contributed by atoms with Gasteiger partial charge in [0.15, 0.2) is 11.3 Å². The fraction of sp³-hybridized carbons (Fsp3) is 0.167. The van der Waals surface area contributed by atoms with Crippen LogP contribution in [0.3, 0.4) is 0 Å². The summed E-state index contributed by atoms with van der Waals surface area (Å²) in [7, 11) is 1.57. The maximum Gasteiger partial charge on any atom is 0.417 e. The molecular weight excluding hydrogens is 463 g/mol. The predicted molar refractivity (Wildman–Crippen MR) is 127 cm³/mol. The minimum Gasteiger partial charge on any atom is -0.497 e. The third-order valence-corrected chi connectivity index (χ3v) is 6.26. The lowest BCUT2D eigenvalue weighted by molar-refractivity contribution is -0.137. The van der Waals surface area contributed by atoms with Crippen molar-refractivity contribution in [3.63, 3.8) is 0 Å². The fourth-order valence-corrected chi connectivity index (χ4v) is 4.61. The normalized spacial score (nSPS) is 15.9. The molecule has 172 valence electrons. The lowest BCUT2D eigenvalue weighted by Crippen LogP contribution is -2.14. The van der Waals surface area contributed by atoms with E-state index >= 15 is 0 Å². The molecule has 1 aliphatic rings. The maximum absolute atomic E-state index is 13.5. The van der Waals surface area contributed by atoms with E-state index in [1.165, 1.54) is 23.9 Å². The molecule has 0 bridgehead atoms. The van der Waals surface area contributed by atoms with Crippen LogP contribution in [-0.2, 0) is 6.18 Å². The minimum atomic E-state index is -4.45. The van der Waals surface area contributed by atoms with E-state index in [1.54, 1.807) is 37.7 Å². The molecule has 5 rings (SSSR count). The average molecular weight is 482 g/mol. The quantitative estimate of drug-likeness (QED) is 0.397. The summed E-state index contributed by atoms with van der Waals surface area (Å²) >= 11 is 1.39. The summed E-state index contributed by atoms with van der Waals surface area (Å²) in [4.78, 5) is 18.0. The van der Waals surface area contributed by atoms with E-state index < -0.39 is 17.2 Å². The van der Waals surface area contributed by atoms with Crippen LogP contribution in [0.2, 0.25) is 0 Å². The van der Waals surface area contributed by atoms with Gasteiger partial charge in [0.05, 0.1) is 23.9 Å². The third kappa shape index (κ3) is 4.41. The Bertz CT molecular complexity index is 1380. The van der Waals surface area contributed by atoms with E-state index in [-0.39, 0.29) is 5.56 Å². The van der Waals surface area contributed by atoms with Crippen molar-refractivity contribution >= 4 is 34.2 Å². The summed E-state index contributed by atoms with van der Waals surface area (Å²) in [6, 6.07) is 14.6. The number of halogens is 3. The Balaban J connectivity index is 1.53. The molecule has 1 N–H and O–H groups in total. The van der Waals surface area contributed by atoms with Gasteiger partial charge >= 0.3 is 6.18 Å². The molecule has 0 saturated carbocycles. The molecule has 1 atom stereocenters. The molecule has 34 heavy (non-hydrogen) atoms. The van der Waals surface area contributed by atoms with Crippen LogP contribution >= 0.6 is 11.8 Å². The van der Waals surface area contributed by atoms with Crippen LogP contribution < -0.4 is 10.1 Å². The molecule has 1 unspecified atom stereocenters. The number of thioether (sulfide) groups is 1. The predicted octanol–water partition coefficient (Wildman–Crippen LogP) is 5.65. The van der Waals surface area contributed by atoms with Crippen LogP contribution in [0.4, 0.5) is 19.0 Å². The number of pyridine rings is 1. The van der Waals surface area contributed by atoms with Crippen LogP contribution in [-0.4, -0.2) is 39.0 Å². The van der Waals surface area contributed by atoms with Crippen molar-refractivity contribution in [2.75, 3.05) is 18.2 Å². The number of anilines is 1. The number of ether oxygens (including phenoxy) is 1. The van der Waals surface area contributed by atoms with Gasteiger partial charge in [-0.05, 0) is 36.4 Å². The van der Waals surface area contributed by atoms with E-state index in [1.807, 2.05) is 18.2 Å². The number of aromatic nitrogens is 3. The summed E-state index contributed by atoms with van der Waals surface area (Å²) in [6.07, 6.45) is -1.12. The van der Waals surface area contributed by atoms with Gasteiger partial charge in [0.2, 0.25) is 0 Å². The molecule has 0 aliphatic carbocycles. The molecule has 2 aromatic heterocycles. The van der Waals surface area contributed by atoms with Gasteiger partial charge in [-0.15, -0.1) is 11.8 Å². The summed E-state index contributed by atoms with van der Waals surface area (Å²) in [6.45, 7) is 0. The van der Waals surface area contributed by atoms with Gasteiger partial charge in [0.1, 0.15) is 11.6 Å². The monoisotopic (exact) mass is 481 g/mol.